The summed E-state index contributed by atoms with van der Waals surface area (Å²) < 4.78 is 2.23. The number of rotatable bonds is 6. The van der Waals surface area contributed by atoms with Crippen molar-refractivity contribution >= 4 is 65.8 Å². The van der Waals surface area contributed by atoms with Crippen LogP contribution in [0.15, 0.2) is 107 Å². The van der Waals surface area contributed by atoms with Gasteiger partial charge in [-0.1, -0.05) is 71.2 Å². The zero-order valence-corrected chi connectivity index (χ0v) is 26.3. The van der Waals surface area contributed by atoms with Gasteiger partial charge >= 0.3 is 0 Å². The average molecular weight is 651 g/mol. The number of phenolic OH excluding ortho intramolecular Hbond substituents is 2. The smallest absolute Gasteiger partial charge is 0.204 e. The summed E-state index contributed by atoms with van der Waals surface area (Å²) in [5.41, 5.74) is 8.98. The van der Waals surface area contributed by atoms with Crippen LogP contribution in [0.3, 0.4) is 0 Å². The van der Waals surface area contributed by atoms with Crippen molar-refractivity contribution < 1.29 is 37.5 Å². The molecule has 4 aromatic carbocycles. The molecule has 4 N–H and O–H groups in total. The van der Waals surface area contributed by atoms with Crippen LogP contribution in [0.1, 0.15) is 11.1 Å². The van der Waals surface area contributed by atoms with Crippen LogP contribution in [0.5, 0.6) is 11.5 Å². The van der Waals surface area contributed by atoms with E-state index in [0.717, 1.165) is 30.7 Å². The van der Waals surface area contributed by atoms with Crippen molar-refractivity contribution in [2.75, 3.05) is 10.9 Å². The first-order chi connectivity index (χ1) is 18.7. The number of nitrogens with zero attached hydrogens (tertiary/aromatic N) is 4. The number of aromatic hydroxyl groups is 2. The Balaban J connectivity index is 0.000000176. The summed E-state index contributed by atoms with van der Waals surface area (Å²) in [6.07, 6.45) is 3.14. The molecule has 0 amide bonds. The van der Waals surface area contributed by atoms with E-state index in [1.165, 1.54) is 22.7 Å². The van der Waals surface area contributed by atoms with Gasteiger partial charge < -0.3 is 10.2 Å². The number of nitrogens with one attached hydrogen (secondary N) is 2. The summed E-state index contributed by atoms with van der Waals surface area (Å²) in [5.74, 6) is 0.412. The molecule has 8 nitrogen and oxygen atoms in total. The van der Waals surface area contributed by atoms with Gasteiger partial charge in [-0.2, -0.15) is 10.2 Å². The van der Waals surface area contributed by atoms with Crippen LogP contribution in [0.25, 0.3) is 20.4 Å². The largest absolute Gasteiger partial charge is 0.507 e. The summed E-state index contributed by atoms with van der Waals surface area (Å²) >= 11 is 3.08. The fraction of sp³-hybridized carbons (Fsp3) is 0. The quantitative estimate of drug-likeness (QED) is 0.0887. The minimum absolute atomic E-state index is 0. The van der Waals surface area contributed by atoms with Crippen LogP contribution in [0, 0.1) is 0 Å². The predicted molar refractivity (Wildman–Crippen MR) is 158 cm³/mol. The molecule has 0 saturated carbocycles. The Morgan fingerprint density at radius 3 is 1.36 bits per heavy atom. The van der Waals surface area contributed by atoms with Gasteiger partial charge in [0.05, 0.1) is 32.9 Å². The van der Waals surface area contributed by atoms with E-state index in [-0.39, 0.29) is 38.8 Å². The molecule has 2 heterocycles. The molecular formula is C28H22CdN6O2S2. The van der Waals surface area contributed by atoms with Crippen molar-refractivity contribution in [1.82, 2.24) is 9.97 Å². The van der Waals surface area contributed by atoms with Gasteiger partial charge in [0.15, 0.2) is 0 Å². The number of hydrazone groups is 2. The Kier molecular flexibility index (Phi) is 9.94. The van der Waals surface area contributed by atoms with Crippen LogP contribution in [-0.4, -0.2) is 32.6 Å². The minimum Gasteiger partial charge on any atom is -0.507 e. The number of para-hydroxylation sites is 4. The van der Waals surface area contributed by atoms with Gasteiger partial charge in [-0.25, -0.2) is 9.97 Å². The minimum atomic E-state index is 0. The second-order valence-electron chi connectivity index (χ2n) is 7.83. The van der Waals surface area contributed by atoms with Gasteiger partial charge in [0, 0.05) is 38.4 Å². The number of thiazole rings is 2. The maximum atomic E-state index is 9.59. The third-order valence-electron chi connectivity index (χ3n) is 5.19. The molecule has 0 fully saturated rings. The zero-order chi connectivity index (χ0) is 26.2. The van der Waals surface area contributed by atoms with E-state index in [0.29, 0.717) is 11.1 Å². The van der Waals surface area contributed by atoms with Crippen molar-refractivity contribution in [3.05, 3.63) is 108 Å². The van der Waals surface area contributed by atoms with Crippen molar-refractivity contribution in [3.63, 3.8) is 0 Å². The molecule has 6 aromatic rings. The molecule has 0 atom stereocenters. The Bertz CT molecular complexity index is 1540. The van der Waals surface area contributed by atoms with Gasteiger partial charge in [-0.15, -0.1) is 0 Å². The Morgan fingerprint density at radius 1 is 0.564 bits per heavy atom. The molecule has 0 unspecified atom stereocenters. The zero-order valence-electron chi connectivity index (χ0n) is 20.6. The number of anilines is 2. The Morgan fingerprint density at radius 2 is 0.949 bits per heavy atom. The molecule has 0 aliphatic heterocycles. The molecule has 0 bridgehead atoms. The molecule has 2 aromatic heterocycles. The molecule has 0 aliphatic rings. The SMILES string of the molecule is Oc1ccccc1/C=N/Nc1nc2ccccc2s1.Oc1ccccc1/C=N/Nc1nc2ccccc2s1.[Cd]. The van der Waals surface area contributed by atoms with Crippen molar-refractivity contribution in [2.45, 2.75) is 0 Å². The maximum absolute atomic E-state index is 9.59. The first-order valence-corrected chi connectivity index (χ1v) is 13.1. The van der Waals surface area contributed by atoms with E-state index < -0.39 is 0 Å². The molecule has 6 rings (SSSR count). The summed E-state index contributed by atoms with van der Waals surface area (Å²) in [7, 11) is 0. The molecule has 0 radical (unpaired) electrons. The summed E-state index contributed by atoms with van der Waals surface area (Å²) in [5, 5.41) is 28.8. The molecule has 190 valence electrons. The Hall–Kier alpha value is -3.88. The fourth-order valence-electron chi connectivity index (χ4n) is 3.35. The second-order valence-corrected chi connectivity index (χ2v) is 9.89. The van der Waals surface area contributed by atoms with Crippen LogP contribution in [0.4, 0.5) is 10.3 Å². The van der Waals surface area contributed by atoms with Crippen molar-refractivity contribution in [3.8, 4) is 11.5 Å². The molecule has 39 heavy (non-hydrogen) atoms. The topological polar surface area (TPSA) is 115 Å². The number of benzene rings is 4. The third-order valence-corrected chi connectivity index (χ3v) is 7.07. The van der Waals surface area contributed by atoms with Crippen LogP contribution >= 0.6 is 22.7 Å². The van der Waals surface area contributed by atoms with Crippen molar-refractivity contribution in [1.29, 1.82) is 0 Å². The third kappa shape index (κ3) is 7.59. The first kappa shape index (κ1) is 28.1. The summed E-state index contributed by atoms with van der Waals surface area (Å²) in [6.45, 7) is 0. The molecule has 11 heteroatoms. The monoisotopic (exact) mass is 652 g/mol. The van der Waals surface area contributed by atoms with E-state index in [2.05, 4.69) is 31.0 Å². The van der Waals surface area contributed by atoms with E-state index in [4.69, 9.17) is 0 Å². The molecular weight excluding hydrogens is 629 g/mol. The van der Waals surface area contributed by atoms with Crippen LogP contribution in [0.2, 0.25) is 0 Å². The molecule has 0 spiro atoms. The first-order valence-electron chi connectivity index (χ1n) is 11.5. The Labute approximate surface area is 252 Å². The van der Waals surface area contributed by atoms with Gasteiger partial charge in [0.25, 0.3) is 0 Å². The van der Waals surface area contributed by atoms with Gasteiger partial charge in [0.1, 0.15) is 11.5 Å². The van der Waals surface area contributed by atoms with Crippen molar-refractivity contribution in [2.24, 2.45) is 10.2 Å². The number of hydrogen-bond acceptors (Lipinski definition) is 10. The number of hydrogen-bond donors (Lipinski definition) is 4. The molecule has 0 saturated heterocycles. The standard InChI is InChI=1S/2C14H11N3OS.Cd/c2*18-12-7-3-1-5-10(12)9-15-17-14-16-11-6-2-4-8-13(11)19-14;/h2*1-9,18H,(H,16,17);/b2*15-9+;. The van der Waals surface area contributed by atoms with Crippen LogP contribution < -0.4 is 10.9 Å². The summed E-state index contributed by atoms with van der Waals surface area (Å²) in [4.78, 5) is 8.79. The van der Waals surface area contributed by atoms with Gasteiger partial charge in [0.2, 0.25) is 10.3 Å². The predicted octanol–water partition coefficient (Wildman–Crippen LogP) is 6.89. The van der Waals surface area contributed by atoms with E-state index in [9.17, 15) is 10.2 Å². The average Bonchev–Trinajstić information content (AvgIpc) is 3.55. The molecule has 0 aliphatic carbocycles. The van der Waals surface area contributed by atoms with E-state index in [1.54, 1.807) is 48.8 Å². The van der Waals surface area contributed by atoms with Gasteiger partial charge in [-0.05, 0) is 48.5 Å². The van der Waals surface area contributed by atoms with E-state index in [1.807, 2.05) is 60.7 Å². The number of fused-ring (bicyclic) bond motifs is 2. The normalized spacial score (nSPS) is 10.9. The van der Waals surface area contributed by atoms with E-state index >= 15 is 0 Å². The van der Waals surface area contributed by atoms with Gasteiger partial charge in [-0.3, -0.25) is 10.9 Å². The van der Waals surface area contributed by atoms with Crippen LogP contribution in [-0.2, 0) is 27.3 Å². The fourth-order valence-corrected chi connectivity index (χ4v) is 4.98. The number of phenols is 2. The summed E-state index contributed by atoms with van der Waals surface area (Å²) in [6, 6.07) is 29.9. The maximum Gasteiger partial charge on any atom is 0.204 e. The second kappa shape index (κ2) is 13.8. The number of aromatic nitrogens is 2.